The fourth-order valence-corrected chi connectivity index (χ4v) is 5.51. The van der Waals surface area contributed by atoms with E-state index in [2.05, 4.69) is 20.8 Å². The Labute approximate surface area is 129 Å². The van der Waals surface area contributed by atoms with E-state index in [4.69, 9.17) is 5.73 Å². The third kappa shape index (κ3) is 3.47. The van der Waals surface area contributed by atoms with Crippen molar-refractivity contribution >= 4 is 34.2 Å². The Morgan fingerprint density at radius 1 is 1.37 bits per heavy atom. The van der Waals surface area contributed by atoms with E-state index in [0.717, 1.165) is 12.0 Å². The molecule has 0 radical (unpaired) electrons. The zero-order chi connectivity index (χ0) is 14.8. The van der Waals surface area contributed by atoms with Gasteiger partial charge in [0.05, 0.1) is 0 Å². The van der Waals surface area contributed by atoms with Crippen molar-refractivity contribution in [3.05, 3.63) is 23.3 Å². The molecule has 6 heteroatoms. The van der Waals surface area contributed by atoms with Crippen LogP contribution in [0.4, 0.5) is 0 Å². The molecular weight excluding hydrogens is 365 g/mol. The second-order valence-corrected chi connectivity index (χ2v) is 12.5. The average molecular weight is 387 g/mol. The predicted octanol–water partition coefficient (Wildman–Crippen LogP) is 0.903. The molecule has 1 aromatic carbocycles. The van der Waals surface area contributed by atoms with Crippen LogP contribution in [-0.2, 0) is 21.8 Å². The van der Waals surface area contributed by atoms with Crippen LogP contribution in [0.25, 0.3) is 0 Å². The van der Waals surface area contributed by atoms with Gasteiger partial charge in [0.15, 0.2) is 0 Å². The Kier molecular flexibility index (Phi) is 5.37. The minimum absolute atomic E-state index is 0.0117. The molecular formula is C13H22InNO3S. The van der Waals surface area contributed by atoms with Gasteiger partial charge < -0.3 is 0 Å². The van der Waals surface area contributed by atoms with E-state index in [9.17, 15) is 13.5 Å². The zero-order valence-electron chi connectivity index (χ0n) is 12.0. The molecule has 0 atom stereocenters. The molecule has 0 bridgehead atoms. The normalized spacial score (nSPS) is 12.6. The molecule has 0 aliphatic carbocycles. The van der Waals surface area contributed by atoms with Crippen LogP contribution < -0.4 is 5.73 Å². The number of phenols is 1. The van der Waals surface area contributed by atoms with Crippen LogP contribution in [-0.4, -0.2) is 41.4 Å². The van der Waals surface area contributed by atoms with Gasteiger partial charge in [0.1, 0.15) is 0 Å². The minimum atomic E-state index is -3.36. The van der Waals surface area contributed by atoms with E-state index in [-0.39, 0.29) is 50.5 Å². The van der Waals surface area contributed by atoms with Gasteiger partial charge in [0, 0.05) is 0 Å². The van der Waals surface area contributed by atoms with Gasteiger partial charge in [-0.2, -0.15) is 0 Å². The number of nitrogens with two attached hydrogens (primary N) is 1. The number of phenolic OH excluding ortho intramolecular Hbond substituents is 1. The Balaban J connectivity index is 3.61. The van der Waals surface area contributed by atoms with E-state index in [1.807, 2.05) is 6.07 Å². The fraction of sp³-hybridized carbons (Fsp3) is 0.538. The fourth-order valence-electron chi connectivity index (χ4n) is 1.81. The molecule has 106 valence electrons. The van der Waals surface area contributed by atoms with E-state index >= 15 is 0 Å². The summed E-state index contributed by atoms with van der Waals surface area (Å²) in [6.45, 7) is 6.30. The first-order valence-electron chi connectivity index (χ1n) is 6.48. The van der Waals surface area contributed by atoms with Crippen molar-refractivity contribution in [2.45, 2.75) is 44.0 Å². The second kappa shape index (κ2) is 6.06. The molecule has 0 unspecified atom stereocenters. The van der Waals surface area contributed by atoms with Gasteiger partial charge in [-0.1, -0.05) is 0 Å². The van der Waals surface area contributed by atoms with Crippen molar-refractivity contribution in [1.82, 2.24) is 0 Å². The monoisotopic (exact) mass is 387 g/mol. The summed E-state index contributed by atoms with van der Waals surface area (Å²) in [6.07, 6.45) is 0.882. The standard InChI is InChI=1S/C13H20NO3S.In.2H/c1-5-13(2,3)10-6-9(8-14)12(15)11(7-10)18(4,16)17;;;/h6-7,15H,4-5,8,14H2,1-3H3;;;. The second-order valence-electron chi connectivity index (χ2n) is 5.33. The van der Waals surface area contributed by atoms with Gasteiger partial charge in [-0.05, 0) is 0 Å². The predicted molar refractivity (Wildman–Crippen MR) is 79.9 cm³/mol. The van der Waals surface area contributed by atoms with Gasteiger partial charge in [-0.25, -0.2) is 0 Å². The van der Waals surface area contributed by atoms with Crippen molar-refractivity contribution in [1.29, 1.82) is 0 Å². The van der Waals surface area contributed by atoms with Gasteiger partial charge in [0.25, 0.3) is 0 Å². The number of sulfone groups is 1. The molecule has 0 spiro atoms. The topological polar surface area (TPSA) is 80.4 Å². The summed E-state index contributed by atoms with van der Waals surface area (Å²) >= 11 is 0.0117. The molecule has 0 saturated carbocycles. The average Bonchev–Trinajstić information content (AvgIpc) is 2.38. The van der Waals surface area contributed by atoms with Crippen LogP contribution in [0, 0.1) is 0 Å². The van der Waals surface area contributed by atoms with E-state index in [1.54, 1.807) is 6.07 Å². The number of aromatic hydroxyl groups is 1. The third-order valence-corrected chi connectivity index (χ3v) is 12.0. The maximum absolute atomic E-state index is 12.1. The first-order chi connectivity index (χ1) is 8.69. The van der Waals surface area contributed by atoms with Crippen LogP contribution >= 0.6 is 0 Å². The molecule has 4 nitrogen and oxygen atoms in total. The molecule has 0 aliphatic rings. The number of hydrogen-bond acceptors (Lipinski definition) is 4. The van der Waals surface area contributed by atoms with Crippen molar-refractivity contribution < 1.29 is 13.5 Å². The van der Waals surface area contributed by atoms with Gasteiger partial charge in [-0.3, -0.25) is 0 Å². The zero-order valence-corrected chi connectivity index (χ0v) is 18.6. The molecule has 1 aromatic rings. The van der Waals surface area contributed by atoms with Crippen LogP contribution in [0.15, 0.2) is 17.0 Å². The molecule has 0 heterocycles. The third-order valence-electron chi connectivity index (χ3n) is 3.75. The molecule has 0 aliphatic heterocycles. The van der Waals surface area contributed by atoms with Crippen LogP contribution in [0.2, 0.25) is 0 Å². The molecule has 0 amide bonds. The summed E-state index contributed by atoms with van der Waals surface area (Å²) in [6, 6.07) is 3.43. The van der Waals surface area contributed by atoms with Gasteiger partial charge in [0.2, 0.25) is 0 Å². The van der Waals surface area contributed by atoms with Crippen molar-refractivity contribution in [3.8, 4) is 5.75 Å². The van der Waals surface area contributed by atoms with Gasteiger partial charge >= 0.3 is 130 Å². The SMILES string of the molecule is CCC(C)(C)c1cc(CN)c(O)c(S(=O)(=O)[CH2][InH2])c1. The van der Waals surface area contributed by atoms with Crippen LogP contribution in [0.3, 0.4) is 0 Å². The Morgan fingerprint density at radius 2 is 1.95 bits per heavy atom. The first-order valence-corrected chi connectivity index (χ1v) is 12.2. The van der Waals surface area contributed by atoms with Crippen LogP contribution in [0.5, 0.6) is 5.75 Å². The molecule has 1 rings (SSSR count). The summed E-state index contributed by atoms with van der Waals surface area (Å²) < 4.78 is 24.4. The van der Waals surface area contributed by atoms with E-state index < -0.39 is 9.84 Å². The van der Waals surface area contributed by atoms with Crippen molar-refractivity contribution in [3.63, 3.8) is 0 Å². The quantitative estimate of drug-likeness (QED) is 0.787. The molecule has 3 N–H and O–H groups in total. The maximum atomic E-state index is 12.1. The summed E-state index contributed by atoms with van der Waals surface area (Å²) in [5.74, 6) is -0.175. The summed E-state index contributed by atoms with van der Waals surface area (Å²) in [4.78, 5) is 0.0474. The van der Waals surface area contributed by atoms with E-state index in [1.165, 1.54) is 0 Å². The Bertz CT molecular complexity index is 567. The summed E-state index contributed by atoms with van der Waals surface area (Å²) in [7, 11) is -3.36. The van der Waals surface area contributed by atoms with Crippen molar-refractivity contribution in [2.24, 2.45) is 5.73 Å². The molecule has 19 heavy (non-hydrogen) atoms. The van der Waals surface area contributed by atoms with Crippen molar-refractivity contribution in [2.75, 3.05) is 3.51 Å². The molecule has 0 aromatic heterocycles. The number of hydrogen-bond donors (Lipinski definition) is 2. The van der Waals surface area contributed by atoms with Gasteiger partial charge in [-0.15, -0.1) is 0 Å². The Hall–Kier alpha value is -0.200. The van der Waals surface area contributed by atoms with Crippen LogP contribution in [0.1, 0.15) is 38.3 Å². The molecule has 0 saturated heterocycles. The summed E-state index contributed by atoms with van der Waals surface area (Å²) in [5, 5.41) is 10.1. The molecule has 0 fully saturated rings. The summed E-state index contributed by atoms with van der Waals surface area (Å²) in [5.41, 5.74) is 6.89. The Morgan fingerprint density at radius 3 is 2.37 bits per heavy atom. The van der Waals surface area contributed by atoms with E-state index in [0.29, 0.717) is 5.56 Å². The number of benzene rings is 1. The first kappa shape index (κ1) is 16.9. The number of rotatable bonds is 5.